The van der Waals surface area contributed by atoms with Crippen LogP contribution in [0.15, 0.2) is 28.8 Å². The van der Waals surface area contributed by atoms with Crippen LogP contribution in [0.1, 0.15) is 11.8 Å². The van der Waals surface area contributed by atoms with Crippen LogP contribution in [0.3, 0.4) is 0 Å². The molecule has 1 aromatic carbocycles. The molecule has 1 aromatic heterocycles. The summed E-state index contributed by atoms with van der Waals surface area (Å²) in [5, 5.41) is 6.85. The highest BCUT2D eigenvalue weighted by molar-refractivity contribution is 5.85. The highest BCUT2D eigenvalue weighted by Crippen LogP contribution is 2.27. The van der Waals surface area contributed by atoms with Gasteiger partial charge >= 0.3 is 6.36 Å². The first-order chi connectivity index (χ1) is 9.51. The Bertz CT molecular complexity index is 614. The molecule has 0 bridgehead atoms. The molecule has 5 nitrogen and oxygen atoms in total. The second-order valence-electron chi connectivity index (χ2n) is 4.39. The number of rotatable bonds is 3. The third kappa shape index (κ3) is 3.64. The highest BCUT2D eigenvalue weighted by atomic mass is 35.5. The summed E-state index contributed by atoms with van der Waals surface area (Å²) in [6.07, 6.45) is -4.72. The van der Waals surface area contributed by atoms with Gasteiger partial charge in [0, 0.05) is 18.7 Å². The van der Waals surface area contributed by atoms with Crippen LogP contribution >= 0.6 is 12.4 Å². The van der Waals surface area contributed by atoms with Gasteiger partial charge in [0.15, 0.2) is 0 Å². The summed E-state index contributed by atoms with van der Waals surface area (Å²) in [6.45, 7) is 1.53. The molecule has 1 aliphatic rings. The van der Waals surface area contributed by atoms with Gasteiger partial charge < -0.3 is 14.6 Å². The van der Waals surface area contributed by atoms with Gasteiger partial charge in [-0.3, -0.25) is 0 Å². The largest absolute Gasteiger partial charge is 0.573 e. The fourth-order valence-electron chi connectivity index (χ4n) is 1.81. The summed E-state index contributed by atoms with van der Waals surface area (Å²) in [7, 11) is 0. The number of hydrogen-bond acceptors (Lipinski definition) is 5. The molecular formula is C12H11ClF3N3O2. The predicted molar refractivity (Wildman–Crippen MR) is 69.3 cm³/mol. The summed E-state index contributed by atoms with van der Waals surface area (Å²) in [4.78, 5) is 4.19. The molecule has 0 amide bonds. The van der Waals surface area contributed by atoms with Crippen LogP contribution in [0.25, 0.3) is 11.4 Å². The number of benzene rings is 1. The Morgan fingerprint density at radius 3 is 2.67 bits per heavy atom. The Kier molecular flexibility index (Phi) is 4.38. The summed E-state index contributed by atoms with van der Waals surface area (Å²) < 4.78 is 45.4. The van der Waals surface area contributed by atoms with Gasteiger partial charge in [-0.1, -0.05) is 17.3 Å². The second kappa shape index (κ2) is 5.90. The molecule has 0 spiro atoms. The summed E-state index contributed by atoms with van der Waals surface area (Å²) in [6, 6.07) is 5.48. The summed E-state index contributed by atoms with van der Waals surface area (Å²) in [5.74, 6) is 0.595. The standard InChI is InChI=1S/C12H10F3N3O2.ClH/c13-12(14,15)19-9-3-1-2-7(4-9)10-17-11(20-18-10)8-5-16-6-8;/h1-4,8,16H,5-6H2;1H. The Hall–Kier alpha value is -1.80. The van der Waals surface area contributed by atoms with Crippen LogP contribution in [-0.2, 0) is 0 Å². The Balaban J connectivity index is 0.00000161. The van der Waals surface area contributed by atoms with Crippen molar-refractivity contribution in [1.29, 1.82) is 0 Å². The van der Waals surface area contributed by atoms with E-state index in [2.05, 4.69) is 20.2 Å². The molecule has 1 aliphatic heterocycles. The highest BCUT2D eigenvalue weighted by Gasteiger charge is 2.31. The second-order valence-corrected chi connectivity index (χ2v) is 4.39. The lowest BCUT2D eigenvalue weighted by atomic mass is 10.0. The van der Waals surface area contributed by atoms with E-state index < -0.39 is 6.36 Å². The average molecular weight is 322 g/mol. The van der Waals surface area contributed by atoms with Crippen molar-refractivity contribution >= 4 is 12.4 Å². The van der Waals surface area contributed by atoms with Crippen molar-refractivity contribution in [3.05, 3.63) is 30.2 Å². The van der Waals surface area contributed by atoms with E-state index in [0.717, 1.165) is 13.1 Å². The quantitative estimate of drug-likeness (QED) is 0.942. The van der Waals surface area contributed by atoms with Gasteiger partial charge in [0.2, 0.25) is 11.7 Å². The molecule has 3 rings (SSSR count). The van der Waals surface area contributed by atoms with Gasteiger partial charge in [-0.2, -0.15) is 4.98 Å². The zero-order valence-electron chi connectivity index (χ0n) is 10.6. The third-order valence-electron chi connectivity index (χ3n) is 2.90. The number of nitrogens with zero attached hydrogens (tertiary/aromatic N) is 2. The molecule has 114 valence electrons. The van der Waals surface area contributed by atoms with E-state index in [9.17, 15) is 13.2 Å². The Morgan fingerprint density at radius 1 is 1.29 bits per heavy atom. The molecule has 0 radical (unpaired) electrons. The van der Waals surface area contributed by atoms with E-state index in [4.69, 9.17) is 4.52 Å². The van der Waals surface area contributed by atoms with E-state index in [1.165, 1.54) is 18.2 Å². The zero-order valence-corrected chi connectivity index (χ0v) is 11.4. The van der Waals surface area contributed by atoms with E-state index in [-0.39, 0.29) is 29.9 Å². The number of ether oxygens (including phenoxy) is 1. The number of hydrogen-bond donors (Lipinski definition) is 1. The molecule has 9 heteroatoms. The minimum Gasteiger partial charge on any atom is -0.406 e. The zero-order chi connectivity index (χ0) is 14.2. The number of alkyl halides is 3. The van der Waals surface area contributed by atoms with Crippen LogP contribution in [-0.4, -0.2) is 29.6 Å². The maximum atomic E-state index is 12.2. The van der Waals surface area contributed by atoms with Crippen molar-refractivity contribution < 1.29 is 22.4 Å². The Labute approximate surface area is 123 Å². The number of aromatic nitrogens is 2. The topological polar surface area (TPSA) is 60.2 Å². The van der Waals surface area contributed by atoms with Crippen LogP contribution in [0.2, 0.25) is 0 Å². The van der Waals surface area contributed by atoms with E-state index in [0.29, 0.717) is 11.5 Å². The smallest absolute Gasteiger partial charge is 0.406 e. The molecule has 21 heavy (non-hydrogen) atoms. The van der Waals surface area contributed by atoms with Crippen molar-refractivity contribution in [1.82, 2.24) is 15.5 Å². The lowest BCUT2D eigenvalue weighted by Crippen LogP contribution is -2.40. The van der Waals surface area contributed by atoms with Crippen LogP contribution < -0.4 is 10.1 Å². The molecule has 0 aliphatic carbocycles. The van der Waals surface area contributed by atoms with Crippen molar-refractivity contribution in [2.45, 2.75) is 12.3 Å². The first-order valence-electron chi connectivity index (χ1n) is 5.92. The fraction of sp³-hybridized carbons (Fsp3) is 0.333. The van der Waals surface area contributed by atoms with Crippen LogP contribution in [0, 0.1) is 0 Å². The van der Waals surface area contributed by atoms with Gasteiger partial charge in [0.1, 0.15) is 5.75 Å². The molecule has 1 fully saturated rings. The lowest BCUT2D eigenvalue weighted by Gasteiger charge is -2.22. The van der Waals surface area contributed by atoms with Gasteiger partial charge in [0.05, 0.1) is 5.92 Å². The van der Waals surface area contributed by atoms with Crippen molar-refractivity contribution in [3.8, 4) is 17.1 Å². The van der Waals surface area contributed by atoms with Crippen LogP contribution in [0.5, 0.6) is 5.75 Å². The van der Waals surface area contributed by atoms with E-state index >= 15 is 0 Å². The first kappa shape index (κ1) is 15.6. The normalized spacial score (nSPS) is 15.2. The molecule has 0 saturated carbocycles. The minimum atomic E-state index is -4.72. The molecule has 1 saturated heterocycles. The van der Waals surface area contributed by atoms with Gasteiger partial charge in [-0.05, 0) is 12.1 Å². The SMILES string of the molecule is Cl.FC(F)(F)Oc1cccc(-c2noc(C3CNC3)n2)c1. The lowest BCUT2D eigenvalue weighted by molar-refractivity contribution is -0.274. The van der Waals surface area contributed by atoms with Gasteiger partial charge in [0.25, 0.3) is 0 Å². The molecule has 2 heterocycles. The maximum absolute atomic E-state index is 12.2. The minimum absolute atomic E-state index is 0. The Morgan fingerprint density at radius 2 is 2.05 bits per heavy atom. The maximum Gasteiger partial charge on any atom is 0.573 e. The molecule has 0 atom stereocenters. The van der Waals surface area contributed by atoms with E-state index in [1.807, 2.05) is 0 Å². The molecule has 2 aromatic rings. The molecule has 0 unspecified atom stereocenters. The average Bonchev–Trinajstić information content (AvgIpc) is 2.74. The van der Waals surface area contributed by atoms with Gasteiger partial charge in [-0.15, -0.1) is 25.6 Å². The molecule has 1 N–H and O–H groups in total. The number of nitrogens with one attached hydrogen (secondary N) is 1. The summed E-state index contributed by atoms with van der Waals surface area (Å²) in [5.41, 5.74) is 0.411. The van der Waals surface area contributed by atoms with Crippen molar-refractivity contribution in [3.63, 3.8) is 0 Å². The monoisotopic (exact) mass is 321 g/mol. The first-order valence-corrected chi connectivity index (χ1v) is 5.92. The van der Waals surface area contributed by atoms with E-state index in [1.54, 1.807) is 6.07 Å². The van der Waals surface area contributed by atoms with Gasteiger partial charge in [-0.25, -0.2) is 0 Å². The van der Waals surface area contributed by atoms with Crippen LogP contribution in [0.4, 0.5) is 13.2 Å². The molecular weight excluding hydrogens is 311 g/mol. The fourth-order valence-corrected chi connectivity index (χ4v) is 1.81. The van der Waals surface area contributed by atoms with Crippen molar-refractivity contribution in [2.24, 2.45) is 0 Å². The number of halogens is 4. The van der Waals surface area contributed by atoms with Crippen molar-refractivity contribution in [2.75, 3.05) is 13.1 Å². The predicted octanol–water partition coefficient (Wildman–Crippen LogP) is 2.74. The summed E-state index contributed by atoms with van der Waals surface area (Å²) >= 11 is 0. The third-order valence-corrected chi connectivity index (χ3v) is 2.90.